The van der Waals surface area contributed by atoms with Gasteiger partial charge in [0.05, 0.1) is 30.0 Å². The van der Waals surface area contributed by atoms with E-state index in [4.69, 9.17) is 4.74 Å². The number of hydrogen-bond acceptors (Lipinski definition) is 3. The Balaban J connectivity index is 1.94. The number of halogens is 3. The summed E-state index contributed by atoms with van der Waals surface area (Å²) in [4.78, 5) is 24.9. The predicted molar refractivity (Wildman–Crippen MR) is 100 cm³/mol. The molecule has 6 nitrogen and oxygen atoms in total. The summed E-state index contributed by atoms with van der Waals surface area (Å²) in [5, 5.41) is 7.82. The largest absolute Gasteiger partial charge is 0.495 e. The standard InChI is InChI=1S/C20H18F3N3O3/c1-11-16(18(27)25-14-5-3-4-6-15(14)29-2)17(26-19(28)24-11)12-7-9-13(10-8-12)20(21,22)23/h3-10,17H,1-2H3,(H,25,27)(H2,24,26,28)/t17-/m0/s1. The lowest BCUT2D eigenvalue weighted by Crippen LogP contribution is -2.46. The summed E-state index contributed by atoms with van der Waals surface area (Å²) < 4.78 is 43.7. The number of benzene rings is 2. The van der Waals surface area contributed by atoms with E-state index >= 15 is 0 Å². The molecule has 1 heterocycles. The Morgan fingerprint density at radius 3 is 2.38 bits per heavy atom. The Morgan fingerprint density at radius 1 is 1.10 bits per heavy atom. The molecule has 0 saturated heterocycles. The van der Waals surface area contributed by atoms with Crippen LogP contribution in [0.15, 0.2) is 59.8 Å². The molecule has 152 valence electrons. The summed E-state index contributed by atoms with van der Waals surface area (Å²) in [5.41, 5.74) is 0.421. The Morgan fingerprint density at radius 2 is 1.76 bits per heavy atom. The lowest BCUT2D eigenvalue weighted by atomic mass is 9.94. The van der Waals surface area contributed by atoms with Crippen LogP contribution < -0.4 is 20.7 Å². The van der Waals surface area contributed by atoms with Crippen molar-refractivity contribution in [2.24, 2.45) is 0 Å². The van der Waals surface area contributed by atoms with Crippen molar-refractivity contribution < 1.29 is 27.5 Å². The maximum absolute atomic E-state index is 13.0. The van der Waals surface area contributed by atoms with E-state index in [1.54, 1.807) is 31.2 Å². The molecule has 0 fully saturated rings. The van der Waals surface area contributed by atoms with Gasteiger partial charge in [0.2, 0.25) is 0 Å². The minimum Gasteiger partial charge on any atom is -0.495 e. The van der Waals surface area contributed by atoms with Gasteiger partial charge < -0.3 is 20.7 Å². The SMILES string of the molecule is COc1ccccc1NC(=O)C1=C(C)NC(=O)N[C@H]1c1ccc(C(F)(F)F)cc1. The highest BCUT2D eigenvalue weighted by Gasteiger charge is 2.33. The van der Waals surface area contributed by atoms with E-state index in [1.165, 1.54) is 19.2 Å². The van der Waals surface area contributed by atoms with Gasteiger partial charge >= 0.3 is 12.2 Å². The highest BCUT2D eigenvalue weighted by atomic mass is 19.4. The molecule has 2 aromatic rings. The van der Waals surface area contributed by atoms with Gasteiger partial charge in [0.25, 0.3) is 5.91 Å². The fourth-order valence-electron chi connectivity index (χ4n) is 3.05. The van der Waals surface area contributed by atoms with Crippen LogP contribution in [0.2, 0.25) is 0 Å². The maximum Gasteiger partial charge on any atom is 0.416 e. The zero-order valence-corrected chi connectivity index (χ0v) is 15.6. The van der Waals surface area contributed by atoms with Crippen molar-refractivity contribution in [3.05, 3.63) is 70.9 Å². The molecule has 0 aromatic heterocycles. The number of anilines is 1. The first-order chi connectivity index (χ1) is 13.7. The van der Waals surface area contributed by atoms with Crippen LogP contribution in [-0.4, -0.2) is 19.0 Å². The quantitative estimate of drug-likeness (QED) is 0.720. The van der Waals surface area contributed by atoms with E-state index in [1.807, 2.05) is 0 Å². The molecule has 0 radical (unpaired) electrons. The van der Waals surface area contributed by atoms with Gasteiger partial charge in [-0.2, -0.15) is 13.2 Å². The highest BCUT2D eigenvalue weighted by molar-refractivity contribution is 6.07. The molecule has 0 unspecified atom stereocenters. The smallest absolute Gasteiger partial charge is 0.416 e. The zero-order valence-electron chi connectivity index (χ0n) is 15.6. The Bertz CT molecular complexity index is 969. The number of urea groups is 1. The number of amides is 3. The zero-order chi connectivity index (χ0) is 21.2. The van der Waals surface area contributed by atoms with Crippen LogP contribution in [0.5, 0.6) is 5.75 Å². The lowest BCUT2D eigenvalue weighted by Gasteiger charge is -2.29. The van der Waals surface area contributed by atoms with E-state index in [0.717, 1.165) is 12.1 Å². The topological polar surface area (TPSA) is 79.5 Å². The second-order valence-corrected chi connectivity index (χ2v) is 6.34. The molecule has 9 heteroatoms. The van der Waals surface area contributed by atoms with Crippen LogP contribution in [0.4, 0.5) is 23.7 Å². The lowest BCUT2D eigenvalue weighted by molar-refractivity contribution is -0.137. The van der Waals surface area contributed by atoms with Gasteiger partial charge in [-0.3, -0.25) is 4.79 Å². The third kappa shape index (κ3) is 4.34. The molecule has 0 aliphatic carbocycles. The molecular formula is C20H18F3N3O3. The van der Waals surface area contributed by atoms with Crippen LogP contribution in [0, 0.1) is 0 Å². The number of para-hydroxylation sites is 2. The van der Waals surface area contributed by atoms with Gasteiger partial charge in [-0.15, -0.1) is 0 Å². The molecule has 3 rings (SSSR count). The molecule has 1 atom stereocenters. The number of hydrogen-bond donors (Lipinski definition) is 3. The van der Waals surface area contributed by atoms with Crippen molar-refractivity contribution in [3.63, 3.8) is 0 Å². The Labute approximate surface area is 164 Å². The average Bonchev–Trinajstić information content (AvgIpc) is 2.67. The minimum atomic E-state index is -4.48. The molecular weight excluding hydrogens is 387 g/mol. The molecule has 2 aromatic carbocycles. The minimum absolute atomic E-state index is 0.176. The van der Waals surface area contributed by atoms with Crippen molar-refractivity contribution in [3.8, 4) is 5.75 Å². The second kappa shape index (κ2) is 7.86. The van der Waals surface area contributed by atoms with Crippen LogP contribution in [-0.2, 0) is 11.0 Å². The summed E-state index contributed by atoms with van der Waals surface area (Å²) in [7, 11) is 1.46. The average molecular weight is 405 g/mol. The first-order valence-electron chi connectivity index (χ1n) is 8.60. The first kappa shape index (κ1) is 20.2. The van der Waals surface area contributed by atoms with Crippen molar-refractivity contribution in [2.45, 2.75) is 19.1 Å². The van der Waals surface area contributed by atoms with Crippen molar-refractivity contribution in [2.75, 3.05) is 12.4 Å². The van der Waals surface area contributed by atoms with Crippen molar-refractivity contribution in [1.82, 2.24) is 10.6 Å². The summed E-state index contributed by atoms with van der Waals surface area (Å²) in [6.45, 7) is 1.55. The van der Waals surface area contributed by atoms with E-state index in [9.17, 15) is 22.8 Å². The summed E-state index contributed by atoms with van der Waals surface area (Å²) in [6, 6.07) is 9.61. The molecule has 0 spiro atoms. The van der Waals surface area contributed by atoms with Crippen LogP contribution >= 0.6 is 0 Å². The number of ether oxygens (including phenoxy) is 1. The van der Waals surface area contributed by atoms with Gasteiger partial charge in [0.15, 0.2) is 0 Å². The van der Waals surface area contributed by atoms with Crippen molar-refractivity contribution >= 4 is 17.6 Å². The molecule has 29 heavy (non-hydrogen) atoms. The third-order valence-electron chi connectivity index (χ3n) is 4.44. The Kier molecular flexibility index (Phi) is 5.49. The maximum atomic E-state index is 13.0. The summed E-state index contributed by atoms with van der Waals surface area (Å²) >= 11 is 0. The molecule has 3 amide bonds. The van der Waals surface area contributed by atoms with Gasteiger partial charge in [-0.05, 0) is 36.8 Å². The van der Waals surface area contributed by atoms with Gasteiger partial charge in [-0.1, -0.05) is 24.3 Å². The van der Waals surface area contributed by atoms with Crippen LogP contribution in [0.1, 0.15) is 24.1 Å². The van der Waals surface area contributed by atoms with E-state index in [2.05, 4.69) is 16.0 Å². The molecule has 1 aliphatic rings. The van der Waals surface area contributed by atoms with Crippen molar-refractivity contribution in [1.29, 1.82) is 0 Å². The predicted octanol–water partition coefficient (Wildman–Crippen LogP) is 3.98. The number of carbonyl (C=O) groups is 2. The van der Waals surface area contributed by atoms with Gasteiger partial charge in [-0.25, -0.2) is 4.79 Å². The number of carbonyl (C=O) groups excluding carboxylic acids is 2. The van der Waals surface area contributed by atoms with E-state index in [0.29, 0.717) is 22.7 Å². The number of alkyl halides is 3. The molecule has 3 N–H and O–H groups in total. The van der Waals surface area contributed by atoms with Gasteiger partial charge in [0.1, 0.15) is 5.75 Å². The van der Waals surface area contributed by atoms with Gasteiger partial charge in [0, 0.05) is 5.70 Å². The van der Waals surface area contributed by atoms with E-state index in [-0.39, 0.29) is 5.57 Å². The fourth-order valence-corrected chi connectivity index (χ4v) is 3.05. The second-order valence-electron chi connectivity index (χ2n) is 6.34. The third-order valence-corrected chi connectivity index (χ3v) is 4.44. The van der Waals surface area contributed by atoms with Crippen LogP contribution in [0.3, 0.4) is 0 Å². The summed E-state index contributed by atoms with van der Waals surface area (Å²) in [5.74, 6) is -0.0811. The fraction of sp³-hybridized carbons (Fsp3) is 0.200. The highest BCUT2D eigenvalue weighted by Crippen LogP contribution is 2.33. The molecule has 1 aliphatic heterocycles. The number of allylic oxidation sites excluding steroid dienone is 1. The molecule has 0 saturated carbocycles. The number of methoxy groups -OCH3 is 1. The normalized spacial score (nSPS) is 16.7. The first-order valence-corrected chi connectivity index (χ1v) is 8.60. The Hall–Kier alpha value is -3.49. The molecule has 0 bridgehead atoms. The monoisotopic (exact) mass is 405 g/mol. The number of nitrogens with one attached hydrogen (secondary N) is 3. The number of rotatable bonds is 4. The van der Waals surface area contributed by atoms with Crippen LogP contribution in [0.25, 0.3) is 0 Å². The van der Waals surface area contributed by atoms with E-state index < -0.39 is 29.7 Å². The summed E-state index contributed by atoms with van der Waals surface area (Å²) in [6.07, 6.45) is -4.48.